The molecule has 0 bridgehead atoms. The quantitative estimate of drug-likeness (QED) is 0.859. The summed E-state index contributed by atoms with van der Waals surface area (Å²) in [4.78, 5) is 14.7. The molecule has 0 saturated heterocycles. The van der Waals surface area contributed by atoms with Crippen molar-refractivity contribution in [2.24, 2.45) is 0 Å². The van der Waals surface area contributed by atoms with E-state index in [9.17, 15) is 4.79 Å². The fraction of sp³-hybridized carbons (Fsp3) is 0.200. The lowest BCUT2D eigenvalue weighted by molar-refractivity contribution is 0.0789. The molecule has 1 aromatic heterocycles. The molecular weight excluding hydrogens is 256 g/mol. The lowest BCUT2D eigenvalue weighted by Crippen LogP contribution is -2.25. The molecule has 0 N–H and O–H groups in total. The molecule has 0 saturated carbocycles. The maximum absolute atomic E-state index is 12.3. The van der Waals surface area contributed by atoms with Crippen molar-refractivity contribution in [2.75, 3.05) is 7.05 Å². The second-order valence-corrected chi connectivity index (χ2v) is 5.32. The van der Waals surface area contributed by atoms with Gasteiger partial charge in [0.1, 0.15) is 0 Å². The molecule has 0 atom stereocenters. The first-order valence-corrected chi connectivity index (χ1v) is 6.78. The van der Waals surface area contributed by atoms with E-state index in [4.69, 9.17) is 5.26 Å². The van der Waals surface area contributed by atoms with Crippen molar-refractivity contribution in [2.45, 2.75) is 13.5 Å². The predicted molar refractivity (Wildman–Crippen MR) is 76.0 cm³/mol. The Labute approximate surface area is 116 Å². The van der Waals surface area contributed by atoms with Gasteiger partial charge in [-0.15, -0.1) is 11.3 Å². The standard InChI is InChI=1S/C15H14N2OS/c1-11-6-7-19-14(11)15(18)17(2)10-13-5-3-4-12(8-13)9-16/h3-8H,10H2,1-2H3. The van der Waals surface area contributed by atoms with Crippen LogP contribution in [0.4, 0.5) is 0 Å². The Balaban J connectivity index is 2.13. The molecule has 2 aromatic rings. The fourth-order valence-corrected chi connectivity index (χ4v) is 2.77. The van der Waals surface area contributed by atoms with Crippen LogP contribution in [-0.4, -0.2) is 17.9 Å². The van der Waals surface area contributed by atoms with Gasteiger partial charge in [0.25, 0.3) is 5.91 Å². The molecule has 4 heteroatoms. The van der Waals surface area contributed by atoms with Crippen LogP contribution in [0.2, 0.25) is 0 Å². The monoisotopic (exact) mass is 270 g/mol. The van der Waals surface area contributed by atoms with Gasteiger partial charge in [0.05, 0.1) is 16.5 Å². The number of nitrogens with zero attached hydrogens (tertiary/aromatic N) is 2. The van der Waals surface area contributed by atoms with Gasteiger partial charge in [-0.25, -0.2) is 0 Å². The molecule has 19 heavy (non-hydrogen) atoms. The zero-order chi connectivity index (χ0) is 13.8. The minimum Gasteiger partial charge on any atom is -0.337 e. The first-order chi connectivity index (χ1) is 9.11. The van der Waals surface area contributed by atoms with E-state index in [0.29, 0.717) is 12.1 Å². The van der Waals surface area contributed by atoms with Crippen LogP contribution in [0.1, 0.15) is 26.4 Å². The molecule has 1 heterocycles. The number of aryl methyl sites for hydroxylation is 1. The summed E-state index contributed by atoms with van der Waals surface area (Å²) >= 11 is 1.46. The van der Waals surface area contributed by atoms with Crippen LogP contribution in [0.5, 0.6) is 0 Å². The average molecular weight is 270 g/mol. The maximum Gasteiger partial charge on any atom is 0.264 e. The molecule has 1 aromatic carbocycles. The Morgan fingerprint density at radius 2 is 2.21 bits per heavy atom. The normalized spacial score (nSPS) is 9.95. The highest BCUT2D eigenvalue weighted by atomic mass is 32.1. The Hall–Kier alpha value is -2.12. The van der Waals surface area contributed by atoms with E-state index < -0.39 is 0 Å². The number of rotatable bonds is 3. The molecule has 0 aliphatic carbocycles. The number of carbonyl (C=O) groups excluding carboxylic acids is 1. The van der Waals surface area contributed by atoms with E-state index in [1.54, 1.807) is 18.0 Å². The minimum absolute atomic E-state index is 0.0230. The summed E-state index contributed by atoms with van der Waals surface area (Å²) in [5.74, 6) is 0.0230. The van der Waals surface area contributed by atoms with Gasteiger partial charge in [-0.05, 0) is 41.6 Å². The summed E-state index contributed by atoms with van der Waals surface area (Å²) in [6, 6.07) is 11.4. The maximum atomic E-state index is 12.3. The first-order valence-electron chi connectivity index (χ1n) is 5.90. The van der Waals surface area contributed by atoms with Crippen LogP contribution in [0.15, 0.2) is 35.7 Å². The van der Waals surface area contributed by atoms with Crippen LogP contribution in [0.3, 0.4) is 0 Å². The Morgan fingerprint density at radius 3 is 2.84 bits per heavy atom. The molecule has 1 amide bonds. The number of nitriles is 1. The highest BCUT2D eigenvalue weighted by Crippen LogP contribution is 2.18. The number of amides is 1. The van der Waals surface area contributed by atoms with Gasteiger partial charge in [0.15, 0.2) is 0 Å². The number of hydrogen-bond acceptors (Lipinski definition) is 3. The lowest BCUT2D eigenvalue weighted by Gasteiger charge is -2.17. The topological polar surface area (TPSA) is 44.1 Å². The zero-order valence-electron chi connectivity index (χ0n) is 10.9. The van der Waals surface area contributed by atoms with E-state index >= 15 is 0 Å². The highest BCUT2D eigenvalue weighted by molar-refractivity contribution is 7.12. The number of hydrogen-bond donors (Lipinski definition) is 0. The highest BCUT2D eigenvalue weighted by Gasteiger charge is 2.15. The fourth-order valence-electron chi connectivity index (χ4n) is 1.85. The molecule has 2 rings (SSSR count). The molecule has 3 nitrogen and oxygen atoms in total. The third-order valence-corrected chi connectivity index (χ3v) is 3.88. The summed E-state index contributed by atoms with van der Waals surface area (Å²) in [5.41, 5.74) is 2.59. The van der Waals surface area contributed by atoms with Crippen LogP contribution >= 0.6 is 11.3 Å². The van der Waals surface area contributed by atoms with Gasteiger partial charge in [-0.1, -0.05) is 12.1 Å². The molecule has 0 aliphatic heterocycles. The van der Waals surface area contributed by atoms with Gasteiger partial charge < -0.3 is 4.90 Å². The van der Waals surface area contributed by atoms with Crippen LogP contribution < -0.4 is 0 Å². The summed E-state index contributed by atoms with van der Waals surface area (Å²) in [7, 11) is 1.78. The van der Waals surface area contributed by atoms with E-state index in [0.717, 1.165) is 16.0 Å². The third-order valence-electron chi connectivity index (χ3n) is 2.88. The number of benzene rings is 1. The average Bonchev–Trinajstić information content (AvgIpc) is 2.84. The molecule has 0 unspecified atom stereocenters. The predicted octanol–water partition coefficient (Wildman–Crippen LogP) is 3.20. The summed E-state index contributed by atoms with van der Waals surface area (Å²) < 4.78 is 0. The summed E-state index contributed by atoms with van der Waals surface area (Å²) in [5, 5.41) is 10.8. The lowest BCUT2D eigenvalue weighted by atomic mass is 10.1. The SMILES string of the molecule is Cc1ccsc1C(=O)N(C)Cc1cccc(C#N)c1. The summed E-state index contributed by atoms with van der Waals surface area (Å²) in [6.07, 6.45) is 0. The van der Waals surface area contributed by atoms with E-state index in [2.05, 4.69) is 6.07 Å². The van der Waals surface area contributed by atoms with Crippen LogP contribution in [0.25, 0.3) is 0 Å². The second-order valence-electron chi connectivity index (χ2n) is 4.41. The van der Waals surface area contributed by atoms with Gasteiger partial charge in [0, 0.05) is 13.6 Å². The largest absolute Gasteiger partial charge is 0.337 e. The molecule has 0 spiro atoms. The molecule has 0 radical (unpaired) electrons. The van der Waals surface area contributed by atoms with Crippen LogP contribution in [0, 0.1) is 18.3 Å². The van der Waals surface area contributed by atoms with Crippen molar-refractivity contribution < 1.29 is 4.79 Å². The van der Waals surface area contributed by atoms with Crippen molar-refractivity contribution in [1.82, 2.24) is 4.90 Å². The zero-order valence-corrected chi connectivity index (χ0v) is 11.7. The summed E-state index contributed by atoms with van der Waals surface area (Å²) in [6.45, 7) is 2.44. The Kier molecular flexibility index (Phi) is 3.98. The van der Waals surface area contributed by atoms with E-state index in [1.807, 2.05) is 36.6 Å². The first kappa shape index (κ1) is 13.3. The van der Waals surface area contributed by atoms with Crippen molar-refractivity contribution in [1.29, 1.82) is 5.26 Å². The molecule has 96 valence electrons. The van der Waals surface area contributed by atoms with Gasteiger partial charge in [-0.3, -0.25) is 4.79 Å². The van der Waals surface area contributed by atoms with Crippen molar-refractivity contribution in [3.63, 3.8) is 0 Å². The smallest absolute Gasteiger partial charge is 0.264 e. The van der Waals surface area contributed by atoms with Gasteiger partial charge in [-0.2, -0.15) is 5.26 Å². The van der Waals surface area contributed by atoms with Gasteiger partial charge >= 0.3 is 0 Å². The van der Waals surface area contributed by atoms with Crippen LogP contribution in [-0.2, 0) is 6.54 Å². The third kappa shape index (κ3) is 3.01. The van der Waals surface area contributed by atoms with E-state index in [-0.39, 0.29) is 5.91 Å². The van der Waals surface area contributed by atoms with Crippen molar-refractivity contribution in [3.8, 4) is 6.07 Å². The Morgan fingerprint density at radius 1 is 1.42 bits per heavy atom. The van der Waals surface area contributed by atoms with Gasteiger partial charge in [0.2, 0.25) is 0 Å². The number of thiophene rings is 1. The van der Waals surface area contributed by atoms with E-state index in [1.165, 1.54) is 11.3 Å². The molecular formula is C15H14N2OS. The Bertz CT molecular complexity index is 640. The second kappa shape index (κ2) is 5.68. The van der Waals surface area contributed by atoms with Crippen molar-refractivity contribution in [3.05, 3.63) is 57.3 Å². The minimum atomic E-state index is 0.0230. The number of carbonyl (C=O) groups is 1. The molecule has 0 fully saturated rings. The molecule has 0 aliphatic rings. The van der Waals surface area contributed by atoms with Crippen molar-refractivity contribution >= 4 is 17.2 Å².